The highest BCUT2D eigenvalue weighted by Crippen LogP contribution is 2.26. The van der Waals surface area contributed by atoms with Crippen molar-refractivity contribution < 1.29 is 18.4 Å². The molecule has 1 N–H and O–H groups in total. The first kappa shape index (κ1) is 23.2. The molecule has 0 saturated heterocycles. The van der Waals surface area contributed by atoms with Gasteiger partial charge in [-0.2, -0.15) is 0 Å². The first-order valence-electron chi connectivity index (χ1n) is 11.1. The van der Waals surface area contributed by atoms with E-state index in [1.165, 1.54) is 35.2 Å². The zero-order valence-corrected chi connectivity index (χ0v) is 19.0. The van der Waals surface area contributed by atoms with Crippen LogP contribution in [0.1, 0.15) is 37.6 Å². The van der Waals surface area contributed by atoms with Crippen LogP contribution in [0.2, 0.25) is 0 Å². The van der Waals surface area contributed by atoms with Crippen LogP contribution in [0.25, 0.3) is 11.0 Å². The number of hydrogen-bond donors (Lipinski definition) is 1. The molecular formula is C25H26FN5O3. The molecule has 0 bridgehead atoms. The maximum Gasteiger partial charge on any atom is 0.247 e. The summed E-state index contributed by atoms with van der Waals surface area (Å²) in [5, 5.41) is 11.1. The van der Waals surface area contributed by atoms with Crippen molar-refractivity contribution >= 4 is 22.8 Å². The zero-order chi connectivity index (χ0) is 24.1. The average molecular weight is 464 g/mol. The van der Waals surface area contributed by atoms with Crippen LogP contribution in [0, 0.1) is 5.82 Å². The Hall–Kier alpha value is -4.01. The lowest BCUT2D eigenvalue weighted by atomic mass is 10.0. The number of para-hydroxylation sites is 1. The summed E-state index contributed by atoms with van der Waals surface area (Å²) in [6.07, 6.45) is 2.14. The van der Waals surface area contributed by atoms with Gasteiger partial charge in [0, 0.05) is 6.04 Å². The number of benzene rings is 2. The van der Waals surface area contributed by atoms with Crippen LogP contribution in [0.4, 0.5) is 4.39 Å². The molecule has 0 radical (unpaired) electrons. The van der Waals surface area contributed by atoms with E-state index in [1.807, 2.05) is 38.1 Å². The molecule has 9 heteroatoms. The highest BCUT2D eigenvalue weighted by molar-refractivity contribution is 5.89. The minimum Gasteiger partial charge on any atom is -0.467 e. The molecule has 0 fully saturated rings. The maximum atomic E-state index is 13.7. The fourth-order valence-corrected chi connectivity index (χ4v) is 3.85. The van der Waals surface area contributed by atoms with Gasteiger partial charge in [-0.05, 0) is 55.3 Å². The molecule has 2 amide bonds. The number of halogens is 1. The summed E-state index contributed by atoms with van der Waals surface area (Å²) in [7, 11) is 0. The van der Waals surface area contributed by atoms with Crippen LogP contribution in [0.3, 0.4) is 0 Å². The minimum atomic E-state index is -0.965. The molecule has 0 spiro atoms. The van der Waals surface area contributed by atoms with Crippen molar-refractivity contribution in [1.82, 2.24) is 25.2 Å². The number of nitrogens with one attached hydrogen (secondary N) is 1. The SMILES string of the molecule is CCC(C)N(C(=O)Cn1nnc2ccccc21)C(C(=O)NCc1ccco1)c1ccc(F)cc1. The van der Waals surface area contributed by atoms with E-state index >= 15 is 0 Å². The Kier molecular flexibility index (Phi) is 7.01. The predicted molar refractivity (Wildman–Crippen MR) is 124 cm³/mol. The van der Waals surface area contributed by atoms with Crippen LogP contribution >= 0.6 is 0 Å². The molecule has 34 heavy (non-hydrogen) atoms. The first-order valence-corrected chi connectivity index (χ1v) is 11.1. The van der Waals surface area contributed by atoms with Crippen LogP contribution in [-0.4, -0.2) is 37.7 Å². The Labute approximate surface area is 196 Å². The number of aromatic nitrogens is 3. The minimum absolute atomic E-state index is 0.0893. The third kappa shape index (κ3) is 4.98. The van der Waals surface area contributed by atoms with Gasteiger partial charge in [0.25, 0.3) is 0 Å². The van der Waals surface area contributed by atoms with Gasteiger partial charge < -0.3 is 14.6 Å². The van der Waals surface area contributed by atoms with Crippen molar-refractivity contribution in [1.29, 1.82) is 0 Å². The highest BCUT2D eigenvalue weighted by atomic mass is 19.1. The maximum absolute atomic E-state index is 13.7. The summed E-state index contributed by atoms with van der Waals surface area (Å²) in [4.78, 5) is 28.6. The van der Waals surface area contributed by atoms with Gasteiger partial charge in [0.1, 0.15) is 29.7 Å². The number of fused-ring (bicyclic) bond motifs is 1. The van der Waals surface area contributed by atoms with Crippen molar-refractivity contribution in [3.63, 3.8) is 0 Å². The fourth-order valence-electron chi connectivity index (χ4n) is 3.85. The van der Waals surface area contributed by atoms with E-state index in [2.05, 4.69) is 15.6 Å². The normalized spacial score (nSPS) is 12.9. The number of furan rings is 1. The Morgan fingerprint density at radius 1 is 1.12 bits per heavy atom. The monoisotopic (exact) mass is 463 g/mol. The van der Waals surface area contributed by atoms with E-state index < -0.39 is 11.9 Å². The van der Waals surface area contributed by atoms with Crippen LogP contribution in [0.15, 0.2) is 71.3 Å². The average Bonchev–Trinajstić information content (AvgIpc) is 3.51. The van der Waals surface area contributed by atoms with Crippen molar-refractivity contribution in [3.8, 4) is 0 Å². The van der Waals surface area contributed by atoms with E-state index in [0.29, 0.717) is 23.3 Å². The van der Waals surface area contributed by atoms with Crippen molar-refractivity contribution in [3.05, 3.63) is 84.1 Å². The molecule has 4 aromatic rings. The Morgan fingerprint density at radius 2 is 1.88 bits per heavy atom. The van der Waals surface area contributed by atoms with Crippen molar-refractivity contribution in [2.24, 2.45) is 0 Å². The van der Waals surface area contributed by atoms with E-state index in [9.17, 15) is 14.0 Å². The van der Waals surface area contributed by atoms with E-state index in [1.54, 1.807) is 17.0 Å². The van der Waals surface area contributed by atoms with Crippen LogP contribution in [0.5, 0.6) is 0 Å². The molecule has 2 atom stereocenters. The highest BCUT2D eigenvalue weighted by Gasteiger charge is 2.34. The van der Waals surface area contributed by atoms with E-state index in [0.717, 1.165) is 5.52 Å². The number of amides is 2. The Bertz CT molecular complexity index is 1250. The van der Waals surface area contributed by atoms with Crippen molar-refractivity contribution in [2.45, 2.75) is 45.4 Å². The van der Waals surface area contributed by atoms with Gasteiger partial charge in [0.2, 0.25) is 11.8 Å². The van der Waals surface area contributed by atoms with Gasteiger partial charge in [-0.3, -0.25) is 9.59 Å². The smallest absolute Gasteiger partial charge is 0.247 e. The molecule has 2 aromatic carbocycles. The zero-order valence-electron chi connectivity index (χ0n) is 19.0. The summed E-state index contributed by atoms with van der Waals surface area (Å²) in [5.41, 5.74) is 1.91. The number of carbonyl (C=O) groups excluding carboxylic acids is 2. The lowest BCUT2D eigenvalue weighted by molar-refractivity contribution is -0.144. The predicted octanol–water partition coefficient (Wildman–Crippen LogP) is 3.85. The Balaban J connectivity index is 1.67. The first-order chi connectivity index (χ1) is 16.5. The number of rotatable bonds is 9. The summed E-state index contributed by atoms with van der Waals surface area (Å²) in [5.74, 6) is -0.525. The second kappa shape index (κ2) is 10.3. The third-order valence-corrected chi connectivity index (χ3v) is 5.79. The molecule has 2 aromatic heterocycles. The molecular weight excluding hydrogens is 437 g/mol. The van der Waals surface area contributed by atoms with Gasteiger partial charge in [0.05, 0.1) is 18.3 Å². The van der Waals surface area contributed by atoms with E-state index in [-0.39, 0.29) is 30.9 Å². The lowest BCUT2D eigenvalue weighted by Crippen LogP contribution is -2.48. The molecule has 0 aliphatic heterocycles. The van der Waals surface area contributed by atoms with E-state index in [4.69, 9.17) is 4.42 Å². The van der Waals surface area contributed by atoms with Gasteiger partial charge in [-0.15, -0.1) is 5.10 Å². The Morgan fingerprint density at radius 3 is 2.59 bits per heavy atom. The second-order valence-electron chi connectivity index (χ2n) is 8.05. The summed E-state index contributed by atoms with van der Waals surface area (Å²) in [6.45, 7) is 3.90. The molecule has 8 nitrogen and oxygen atoms in total. The second-order valence-corrected chi connectivity index (χ2v) is 8.05. The molecule has 0 saturated carbocycles. The van der Waals surface area contributed by atoms with Crippen LogP contribution < -0.4 is 5.32 Å². The quantitative estimate of drug-likeness (QED) is 0.407. The van der Waals surface area contributed by atoms with Gasteiger partial charge in [-0.1, -0.05) is 36.4 Å². The molecule has 0 aliphatic carbocycles. The summed E-state index contributed by atoms with van der Waals surface area (Å²) < 4.78 is 20.5. The third-order valence-electron chi connectivity index (χ3n) is 5.79. The summed E-state index contributed by atoms with van der Waals surface area (Å²) >= 11 is 0. The van der Waals surface area contributed by atoms with Gasteiger partial charge in [0.15, 0.2) is 0 Å². The molecule has 0 aliphatic rings. The van der Waals surface area contributed by atoms with Crippen molar-refractivity contribution in [2.75, 3.05) is 0 Å². The topological polar surface area (TPSA) is 93.3 Å². The molecule has 2 heterocycles. The molecule has 4 rings (SSSR count). The van der Waals surface area contributed by atoms with Crippen LogP contribution in [-0.2, 0) is 22.7 Å². The largest absolute Gasteiger partial charge is 0.467 e. The number of carbonyl (C=O) groups is 2. The standard InChI is InChI=1S/C25H26FN5O3/c1-3-17(2)31(23(32)16-30-22-9-5-4-8-21(22)28-29-30)24(18-10-12-19(26)13-11-18)25(33)27-15-20-7-6-14-34-20/h4-14,17,24H,3,15-16H2,1-2H3,(H,27,33). The number of nitrogens with zero attached hydrogens (tertiary/aromatic N) is 4. The molecule has 176 valence electrons. The summed E-state index contributed by atoms with van der Waals surface area (Å²) in [6, 6.07) is 15.2. The van der Waals surface area contributed by atoms with Gasteiger partial charge >= 0.3 is 0 Å². The van der Waals surface area contributed by atoms with Gasteiger partial charge in [-0.25, -0.2) is 9.07 Å². The fraction of sp³-hybridized carbons (Fsp3) is 0.280. The molecule has 2 unspecified atom stereocenters. The number of hydrogen-bond acceptors (Lipinski definition) is 5. The lowest BCUT2D eigenvalue weighted by Gasteiger charge is -2.35.